The minimum absolute atomic E-state index is 0.106. The molecule has 2 aromatic rings. The second-order valence-corrected chi connectivity index (χ2v) is 8.46. The van der Waals surface area contributed by atoms with Gasteiger partial charge in [0.05, 0.1) is 0 Å². The minimum atomic E-state index is 0.106. The van der Waals surface area contributed by atoms with Gasteiger partial charge >= 0.3 is 0 Å². The van der Waals surface area contributed by atoms with Crippen LogP contribution in [0.3, 0.4) is 0 Å². The number of nitrogens with one attached hydrogen (secondary N) is 1. The second-order valence-electron chi connectivity index (χ2n) is 8.46. The summed E-state index contributed by atoms with van der Waals surface area (Å²) < 4.78 is 5.87. The number of benzene rings is 1. The molecule has 2 fully saturated rings. The Labute approximate surface area is 173 Å². The van der Waals surface area contributed by atoms with Crippen LogP contribution in [0.5, 0.6) is 0 Å². The van der Waals surface area contributed by atoms with E-state index < -0.39 is 0 Å². The van der Waals surface area contributed by atoms with E-state index in [4.69, 9.17) is 4.42 Å². The topological polar surface area (TPSA) is 61.6 Å². The number of hydrogen-bond donors (Lipinski definition) is 1. The first-order chi connectivity index (χ1) is 14.2. The Morgan fingerprint density at radius 2 is 2.00 bits per heavy atom. The number of nitrogens with zero attached hydrogens (tertiary/aromatic N) is 3. The monoisotopic (exact) mass is 398 g/mol. The number of carbonyl (C=O) groups excluding carboxylic acids is 1. The Balaban J connectivity index is 1.18. The summed E-state index contributed by atoms with van der Waals surface area (Å²) in [6.07, 6.45) is 8.02. The fourth-order valence-electron chi connectivity index (χ4n) is 4.78. The molecule has 29 heavy (non-hydrogen) atoms. The maximum atomic E-state index is 12.6. The van der Waals surface area contributed by atoms with Crippen LogP contribution < -0.4 is 10.2 Å². The fourth-order valence-corrected chi connectivity index (χ4v) is 4.78. The molecule has 0 spiro atoms. The highest BCUT2D eigenvalue weighted by Crippen LogP contribution is 2.26. The molecule has 0 saturated carbocycles. The molecule has 1 unspecified atom stereocenters. The van der Waals surface area contributed by atoms with Crippen molar-refractivity contribution in [2.45, 2.75) is 57.9 Å². The summed E-state index contributed by atoms with van der Waals surface area (Å²) in [7, 11) is 0. The fraction of sp³-hybridized carbons (Fsp3) is 0.652. The number of piperidine rings is 2. The van der Waals surface area contributed by atoms with E-state index in [1.807, 2.05) is 24.3 Å². The van der Waals surface area contributed by atoms with E-state index in [1.54, 1.807) is 0 Å². The highest BCUT2D eigenvalue weighted by Gasteiger charge is 2.27. The maximum absolute atomic E-state index is 12.6. The van der Waals surface area contributed by atoms with Crippen LogP contribution in [-0.4, -0.2) is 54.6 Å². The third-order valence-corrected chi connectivity index (χ3v) is 6.56. The van der Waals surface area contributed by atoms with Crippen molar-refractivity contribution < 1.29 is 9.21 Å². The number of oxazole rings is 1. The Morgan fingerprint density at radius 1 is 1.17 bits per heavy atom. The van der Waals surface area contributed by atoms with E-state index in [-0.39, 0.29) is 11.8 Å². The summed E-state index contributed by atoms with van der Waals surface area (Å²) in [6, 6.07) is 9.27. The van der Waals surface area contributed by atoms with Crippen LogP contribution in [0.25, 0.3) is 11.1 Å². The number of aromatic nitrogens is 1. The molecule has 6 heteroatoms. The van der Waals surface area contributed by atoms with Gasteiger partial charge in [0.15, 0.2) is 5.58 Å². The van der Waals surface area contributed by atoms with Crippen molar-refractivity contribution >= 4 is 23.0 Å². The molecule has 0 radical (unpaired) electrons. The van der Waals surface area contributed by atoms with Gasteiger partial charge in [-0.3, -0.25) is 4.79 Å². The number of likely N-dealkylation sites (tertiary alicyclic amines) is 1. The lowest BCUT2D eigenvalue weighted by Crippen LogP contribution is -2.42. The van der Waals surface area contributed by atoms with E-state index in [9.17, 15) is 4.79 Å². The molecule has 6 nitrogen and oxygen atoms in total. The van der Waals surface area contributed by atoms with Crippen LogP contribution in [-0.2, 0) is 4.79 Å². The second kappa shape index (κ2) is 9.61. The van der Waals surface area contributed by atoms with Crippen molar-refractivity contribution in [2.24, 2.45) is 5.92 Å². The number of carbonyl (C=O) groups is 1. The van der Waals surface area contributed by atoms with E-state index in [0.717, 1.165) is 62.6 Å². The first-order valence-corrected chi connectivity index (χ1v) is 11.4. The van der Waals surface area contributed by atoms with E-state index in [2.05, 4.69) is 27.0 Å². The third kappa shape index (κ3) is 4.92. The molecule has 3 heterocycles. The van der Waals surface area contributed by atoms with Crippen molar-refractivity contribution in [3.05, 3.63) is 24.3 Å². The van der Waals surface area contributed by atoms with Gasteiger partial charge in [-0.2, -0.15) is 4.98 Å². The lowest BCUT2D eigenvalue weighted by Gasteiger charge is -2.35. The van der Waals surface area contributed by atoms with Crippen molar-refractivity contribution in [3.63, 3.8) is 0 Å². The number of fused-ring (bicyclic) bond motifs is 1. The number of amides is 1. The van der Waals surface area contributed by atoms with Gasteiger partial charge in [0.25, 0.3) is 6.01 Å². The third-order valence-electron chi connectivity index (χ3n) is 6.56. The quantitative estimate of drug-likeness (QED) is 0.719. The largest absolute Gasteiger partial charge is 0.423 e. The first kappa shape index (κ1) is 20.2. The Kier molecular flexibility index (Phi) is 6.70. The molecule has 1 aromatic carbocycles. The van der Waals surface area contributed by atoms with Crippen LogP contribution in [0.4, 0.5) is 6.01 Å². The molecule has 2 aliphatic heterocycles. The van der Waals surface area contributed by atoms with Crippen molar-refractivity contribution in [2.75, 3.05) is 37.6 Å². The van der Waals surface area contributed by atoms with Crippen LogP contribution >= 0.6 is 0 Å². The smallest absolute Gasteiger partial charge is 0.298 e. The Bertz CT molecular complexity index is 764. The summed E-state index contributed by atoms with van der Waals surface area (Å²) in [6.45, 7) is 7.04. The van der Waals surface area contributed by atoms with Gasteiger partial charge < -0.3 is 19.5 Å². The average molecular weight is 399 g/mol. The van der Waals surface area contributed by atoms with E-state index in [1.165, 1.54) is 32.2 Å². The van der Waals surface area contributed by atoms with Crippen molar-refractivity contribution in [3.8, 4) is 0 Å². The number of hydrogen-bond acceptors (Lipinski definition) is 5. The molecule has 1 atom stereocenters. The zero-order valence-electron chi connectivity index (χ0n) is 17.6. The molecular weight excluding hydrogens is 364 g/mol. The average Bonchev–Trinajstić information content (AvgIpc) is 3.21. The highest BCUT2D eigenvalue weighted by molar-refractivity contribution is 5.79. The zero-order valence-corrected chi connectivity index (χ0v) is 17.6. The van der Waals surface area contributed by atoms with Gasteiger partial charge in [-0.15, -0.1) is 0 Å². The lowest BCUT2D eigenvalue weighted by atomic mass is 9.96. The lowest BCUT2D eigenvalue weighted by molar-refractivity contribution is -0.125. The molecule has 1 amide bonds. The molecule has 2 saturated heterocycles. The molecular formula is C23H34N4O2. The highest BCUT2D eigenvalue weighted by atomic mass is 16.4. The van der Waals surface area contributed by atoms with Crippen LogP contribution in [0, 0.1) is 5.92 Å². The summed E-state index contributed by atoms with van der Waals surface area (Å²) in [5, 5.41) is 3.18. The normalized spacial score (nSPS) is 21.6. The van der Waals surface area contributed by atoms with Crippen LogP contribution in [0.15, 0.2) is 28.7 Å². The predicted molar refractivity (Wildman–Crippen MR) is 116 cm³/mol. The molecule has 1 N–H and O–H groups in total. The zero-order chi connectivity index (χ0) is 20.1. The molecule has 4 rings (SSSR count). The minimum Gasteiger partial charge on any atom is -0.423 e. The first-order valence-electron chi connectivity index (χ1n) is 11.4. The standard InChI is InChI=1S/C23H34N4O2/c1-2-19-8-5-6-14-26(19)15-7-13-24-22(28)18-11-16-27(17-12-18)23-25-20-9-3-4-10-21(20)29-23/h3-4,9-10,18-19H,2,5-8,11-17H2,1H3,(H,24,28). The molecule has 158 valence electrons. The van der Waals surface area contributed by atoms with Gasteiger partial charge in [0, 0.05) is 38.1 Å². The van der Waals surface area contributed by atoms with Crippen molar-refractivity contribution in [1.29, 1.82) is 0 Å². The van der Waals surface area contributed by atoms with Gasteiger partial charge in [0.2, 0.25) is 5.91 Å². The molecule has 0 bridgehead atoms. The molecule has 2 aliphatic rings. The van der Waals surface area contributed by atoms with E-state index in [0.29, 0.717) is 6.01 Å². The summed E-state index contributed by atoms with van der Waals surface area (Å²) in [5.41, 5.74) is 1.71. The maximum Gasteiger partial charge on any atom is 0.298 e. The SMILES string of the molecule is CCC1CCCCN1CCCNC(=O)C1CCN(c2nc3ccccc3o2)CC1. The van der Waals surface area contributed by atoms with E-state index >= 15 is 0 Å². The number of para-hydroxylation sites is 2. The summed E-state index contributed by atoms with van der Waals surface area (Å²) in [5.74, 6) is 0.321. The molecule has 0 aliphatic carbocycles. The summed E-state index contributed by atoms with van der Waals surface area (Å²) >= 11 is 0. The van der Waals surface area contributed by atoms with Crippen LogP contribution in [0.2, 0.25) is 0 Å². The van der Waals surface area contributed by atoms with Gasteiger partial charge in [0.1, 0.15) is 5.52 Å². The van der Waals surface area contributed by atoms with Crippen LogP contribution in [0.1, 0.15) is 51.9 Å². The molecule has 1 aromatic heterocycles. The van der Waals surface area contributed by atoms with Crippen molar-refractivity contribution in [1.82, 2.24) is 15.2 Å². The predicted octanol–water partition coefficient (Wildman–Crippen LogP) is 3.82. The number of rotatable bonds is 7. The summed E-state index contributed by atoms with van der Waals surface area (Å²) in [4.78, 5) is 21.9. The Morgan fingerprint density at radius 3 is 2.79 bits per heavy atom. The van der Waals surface area contributed by atoms with Gasteiger partial charge in [-0.25, -0.2) is 0 Å². The number of anilines is 1. The Hall–Kier alpha value is -2.08. The van der Waals surface area contributed by atoms with Gasteiger partial charge in [-0.1, -0.05) is 25.5 Å². The van der Waals surface area contributed by atoms with Gasteiger partial charge in [-0.05, 0) is 57.2 Å².